The Morgan fingerprint density at radius 1 is 1.00 bits per heavy atom. The normalized spacial score (nSPS) is 11.9. The zero-order valence-corrected chi connectivity index (χ0v) is 16.1. The van der Waals surface area contributed by atoms with Crippen LogP contribution in [0.4, 0.5) is 0 Å². The van der Waals surface area contributed by atoms with Gasteiger partial charge in [0, 0.05) is 24.4 Å². The molecule has 3 heteroatoms. The molecular formula is C21H34N2O. The molecule has 24 heavy (non-hydrogen) atoms. The molecule has 0 unspecified atom stereocenters. The largest absolute Gasteiger partial charge is 0.493 e. The standard InChI is InChI=1S/C21H34N2O/c1-6-8-18(5)21(23-17(3)4)13-15-24-20-11-9-19(10-12-20)16-22-14-7-2/h9-12,22H,6-8,13-16H2,1-5H3/b21-18-. The Morgan fingerprint density at radius 3 is 2.29 bits per heavy atom. The molecule has 134 valence electrons. The van der Waals surface area contributed by atoms with Gasteiger partial charge in [-0.1, -0.05) is 38.0 Å². The van der Waals surface area contributed by atoms with Gasteiger partial charge in [-0.25, -0.2) is 0 Å². The minimum atomic E-state index is 0.667. The summed E-state index contributed by atoms with van der Waals surface area (Å²) in [5, 5.41) is 3.41. The minimum Gasteiger partial charge on any atom is -0.493 e. The van der Waals surface area contributed by atoms with Gasteiger partial charge < -0.3 is 10.1 Å². The van der Waals surface area contributed by atoms with Gasteiger partial charge in [0.2, 0.25) is 0 Å². The van der Waals surface area contributed by atoms with Gasteiger partial charge in [-0.15, -0.1) is 0 Å². The molecule has 0 amide bonds. The summed E-state index contributed by atoms with van der Waals surface area (Å²) in [4.78, 5) is 4.69. The molecule has 0 saturated carbocycles. The first-order valence-corrected chi connectivity index (χ1v) is 9.19. The molecule has 0 heterocycles. The van der Waals surface area contributed by atoms with E-state index in [4.69, 9.17) is 9.73 Å². The summed E-state index contributed by atoms with van der Waals surface area (Å²) >= 11 is 0. The fourth-order valence-electron chi connectivity index (χ4n) is 2.53. The number of nitrogens with one attached hydrogen (secondary N) is 1. The average Bonchev–Trinajstić information content (AvgIpc) is 2.55. The first-order valence-electron chi connectivity index (χ1n) is 9.19. The lowest BCUT2D eigenvalue weighted by atomic mass is 10.1. The van der Waals surface area contributed by atoms with Gasteiger partial charge in [-0.3, -0.25) is 4.99 Å². The van der Waals surface area contributed by atoms with Gasteiger partial charge in [0.15, 0.2) is 0 Å². The molecule has 0 bridgehead atoms. The lowest BCUT2D eigenvalue weighted by Gasteiger charge is -2.11. The molecule has 1 aromatic carbocycles. The fourth-order valence-corrected chi connectivity index (χ4v) is 2.53. The SMILES string of the molecule is CCCNCc1ccc(OCC/C(N=C(C)C)=C(\C)CCC)cc1. The Morgan fingerprint density at radius 2 is 1.71 bits per heavy atom. The number of hydrogen-bond donors (Lipinski definition) is 1. The second kappa shape index (κ2) is 11.9. The molecule has 3 nitrogen and oxygen atoms in total. The highest BCUT2D eigenvalue weighted by atomic mass is 16.5. The molecule has 0 aliphatic carbocycles. The number of allylic oxidation sites excluding steroid dienone is 1. The van der Waals surface area contributed by atoms with E-state index < -0.39 is 0 Å². The Kier molecular flexibility index (Phi) is 10.1. The van der Waals surface area contributed by atoms with Crippen molar-refractivity contribution < 1.29 is 4.74 Å². The number of nitrogens with zero attached hydrogens (tertiary/aromatic N) is 1. The van der Waals surface area contributed by atoms with Crippen LogP contribution >= 0.6 is 0 Å². The topological polar surface area (TPSA) is 33.6 Å². The van der Waals surface area contributed by atoms with E-state index in [1.807, 2.05) is 13.8 Å². The highest BCUT2D eigenvalue weighted by Crippen LogP contribution is 2.18. The molecule has 1 N–H and O–H groups in total. The molecule has 0 spiro atoms. The van der Waals surface area contributed by atoms with Crippen LogP contribution in [0.25, 0.3) is 0 Å². The maximum Gasteiger partial charge on any atom is 0.119 e. The van der Waals surface area contributed by atoms with Crippen molar-refractivity contribution >= 4 is 5.71 Å². The first-order chi connectivity index (χ1) is 11.6. The summed E-state index contributed by atoms with van der Waals surface area (Å²) < 4.78 is 5.90. The number of ether oxygens (including phenoxy) is 1. The average molecular weight is 331 g/mol. The summed E-state index contributed by atoms with van der Waals surface area (Å²) in [6, 6.07) is 8.37. The number of benzene rings is 1. The maximum absolute atomic E-state index is 5.90. The summed E-state index contributed by atoms with van der Waals surface area (Å²) in [6.07, 6.45) is 4.28. The van der Waals surface area contributed by atoms with Crippen LogP contribution < -0.4 is 10.1 Å². The zero-order chi connectivity index (χ0) is 17.8. The molecule has 0 atom stereocenters. The van der Waals surface area contributed by atoms with Crippen molar-refractivity contribution in [1.29, 1.82) is 0 Å². The molecular weight excluding hydrogens is 296 g/mol. The Bertz CT molecular complexity index is 525. The quantitative estimate of drug-likeness (QED) is 0.429. The molecule has 0 radical (unpaired) electrons. The Balaban J connectivity index is 2.52. The van der Waals surface area contributed by atoms with E-state index >= 15 is 0 Å². The van der Waals surface area contributed by atoms with Gasteiger partial charge in [0.05, 0.1) is 6.61 Å². The van der Waals surface area contributed by atoms with Gasteiger partial charge in [-0.05, 0) is 57.9 Å². The third-order valence-corrected chi connectivity index (χ3v) is 3.76. The van der Waals surface area contributed by atoms with E-state index in [0.717, 1.165) is 50.2 Å². The third-order valence-electron chi connectivity index (χ3n) is 3.76. The molecule has 0 aliphatic rings. The van der Waals surface area contributed by atoms with Crippen LogP contribution in [0, 0.1) is 0 Å². The van der Waals surface area contributed by atoms with Crippen LogP contribution in [-0.4, -0.2) is 18.9 Å². The second-order valence-electron chi connectivity index (χ2n) is 6.46. The zero-order valence-electron chi connectivity index (χ0n) is 16.1. The lowest BCUT2D eigenvalue weighted by Crippen LogP contribution is -2.13. The highest BCUT2D eigenvalue weighted by Gasteiger charge is 2.03. The van der Waals surface area contributed by atoms with Crippen molar-refractivity contribution in [3.63, 3.8) is 0 Å². The van der Waals surface area contributed by atoms with Crippen molar-refractivity contribution in [1.82, 2.24) is 5.32 Å². The monoisotopic (exact) mass is 330 g/mol. The van der Waals surface area contributed by atoms with E-state index in [2.05, 4.69) is 50.4 Å². The van der Waals surface area contributed by atoms with E-state index in [0.29, 0.717) is 6.61 Å². The van der Waals surface area contributed by atoms with Gasteiger partial charge in [-0.2, -0.15) is 0 Å². The first kappa shape index (κ1) is 20.4. The molecule has 0 saturated heterocycles. The van der Waals surface area contributed by atoms with Crippen LogP contribution in [0.15, 0.2) is 40.5 Å². The Hall–Kier alpha value is -1.61. The van der Waals surface area contributed by atoms with Crippen molar-refractivity contribution in [3.05, 3.63) is 41.1 Å². The summed E-state index contributed by atoms with van der Waals surface area (Å²) in [7, 11) is 0. The second-order valence-corrected chi connectivity index (χ2v) is 6.46. The smallest absolute Gasteiger partial charge is 0.119 e. The molecule has 0 aromatic heterocycles. The van der Waals surface area contributed by atoms with E-state index in [9.17, 15) is 0 Å². The van der Waals surface area contributed by atoms with E-state index in [1.165, 1.54) is 16.8 Å². The molecule has 0 aliphatic heterocycles. The Labute approximate surface area is 148 Å². The van der Waals surface area contributed by atoms with E-state index in [-0.39, 0.29) is 0 Å². The minimum absolute atomic E-state index is 0.667. The van der Waals surface area contributed by atoms with E-state index in [1.54, 1.807) is 0 Å². The predicted molar refractivity (Wildman–Crippen MR) is 105 cm³/mol. The predicted octanol–water partition coefficient (Wildman–Crippen LogP) is 5.51. The van der Waals surface area contributed by atoms with Crippen LogP contribution in [0.3, 0.4) is 0 Å². The number of aliphatic imine (C=N–C) groups is 1. The van der Waals surface area contributed by atoms with Crippen molar-refractivity contribution in [2.24, 2.45) is 4.99 Å². The van der Waals surface area contributed by atoms with Crippen LogP contribution in [-0.2, 0) is 6.54 Å². The van der Waals surface area contributed by atoms with Gasteiger partial charge in [0.1, 0.15) is 5.75 Å². The van der Waals surface area contributed by atoms with Crippen molar-refractivity contribution in [2.45, 2.75) is 66.8 Å². The number of rotatable bonds is 11. The van der Waals surface area contributed by atoms with Crippen LogP contribution in [0.1, 0.15) is 65.9 Å². The van der Waals surface area contributed by atoms with Crippen molar-refractivity contribution in [2.75, 3.05) is 13.2 Å². The fraction of sp³-hybridized carbons (Fsp3) is 0.571. The highest BCUT2D eigenvalue weighted by molar-refractivity contribution is 5.80. The molecule has 0 fully saturated rings. The summed E-state index contributed by atoms with van der Waals surface area (Å²) in [5.41, 5.74) is 4.95. The van der Waals surface area contributed by atoms with Crippen LogP contribution in [0.5, 0.6) is 5.75 Å². The van der Waals surface area contributed by atoms with Gasteiger partial charge >= 0.3 is 0 Å². The summed E-state index contributed by atoms with van der Waals surface area (Å²) in [6.45, 7) is 13.3. The number of hydrogen-bond acceptors (Lipinski definition) is 3. The van der Waals surface area contributed by atoms with Gasteiger partial charge in [0.25, 0.3) is 0 Å². The lowest BCUT2D eigenvalue weighted by molar-refractivity contribution is 0.320. The summed E-state index contributed by atoms with van der Waals surface area (Å²) in [5.74, 6) is 0.930. The van der Waals surface area contributed by atoms with Crippen molar-refractivity contribution in [3.8, 4) is 5.75 Å². The molecule has 1 rings (SSSR count). The third kappa shape index (κ3) is 8.30. The maximum atomic E-state index is 5.90. The van der Waals surface area contributed by atoms with Crippen LogP contribution in [0.2, 0.25) is 0 Å². The molecule has 1 aromatic rings.